The molecule has 0 aliphatic carbocycles. The number of hydrogen-bond acceptors (Lipinski definition) is 3. The molecule has 1 rings (SSSR count). The molecule has 0 atom stereocenters. The highest BCUT2D eigenvalue weighted by atomic mass is 16.5. The largest absolute Gasteiger partial charge is 0.488 e. The molecule has 0 radical (unpaired) electrons. The number of benzene rings is 1. The van der Waals surface area contributed by atoms with Crippen molar-refractivity contribution >= 4 is 5.78 Å². The average molecular weight is 276 g/mol. The molecule has 0 spiro atoms. The van der Waals surface area contributed by atoms with Crippen LogP contribution >= 0.6 is 0 Å². The monoisotopic (exact) mass is 276 g/mol. The molecule has 0 unspecified atom stereocenters. The maximum Gasteiger partial charge on any atom is 0.186 e. The van der Waals surface area contributed by atoms with Crippen LogP contribution in [-0.2, 0) is 9.53 Å². The number of carbonyl (C=O) groups is 1. The molecule has 0 aliphatic heterocycles. The van der Waals surface area contributed by atoms with Crippen LogP contribution < -0.4 is 4.74 Å². The first-order valence-electron chi connectivity index (χ1n) is 6.82. The van der Waals surface area contributed by atoms with Gasteiger partial charge in [-0.15, -0.1) is 0 Å². The zero-order valence-electron chi connectivity index (χ0n) is 12.8. The van der Waals surface area contributed by atoms with Crippen molar-refractivity contribution in [1.29, 1.82) is 0 Å². The van der Waals surface area contributed by atoms with Crippen molar-refractivity contribution in [3.8, 4) is 5.75 Å². The Bertz CT molecular complexity index is 447. The predicted octanol–water partition coefficient (Wildman–Crippen LogP) is 3.78. The fraction of sp³-hybridized carbons (Fsp3) is 0.471. The SMILES string of the molecule is C=CC(=O)C(C)(C)OCCC(C)(C)Oc1ccccc1. The van der Waals surface area contributed by atoms with E-state index in [9.17, 15) is 4.79 Å². The van der Waals surface area contributed by atoms with E-state index in [0.717, 1.165) is 5.75 Å². The minimum atomic E-state index is -0.829. The molecule has 0 aliphatic rings. The van der Waals surface area contributed by atoms with E-state index in [1.54, 1.807) is 13.8 Å². The molecule has 3 nitrogen and oxygen atoms in total. The molecule has 20 heavy (non-hydrogen) atoms. The molecular formula is C17H24O3. The Morgan fingerprint density at radius 3 is 2.35 bits per heavy atom. The van der Waals surface area contributed by atoms with Gasteiger partial charge in [-0.05, 0) is 45.9 Å². The molecule has 0 N–H and O–H groups in total. The van der Waals surface area contributed by atoms with Crippen molar-refractivity contribution < 1.29 is 14.3 Å². The fourth-order valence-electron chi connectivity index (χ4n) is 1.73. The molecule has 0 amide bonds. The van der Waals surface area contributed by atoms with E-state index in [0.29, 0.717) is 13.0 Å². The number of para-hydroxylation sites is 1. The van der Waals surface area contributed by atoms with Crippen LogP contribution in [0.15, 0.2) is 43.0 Å². The van der Waals surface area contributed by atoms with Crippen molar-refractivity contribution in [2.75, 3.05) is 6.61 Å². The Hall–Kier alpha value is -1.61. The minimum Gasteiger partial charge on any atom is -0.488 e. The van der Waals surface area contributed by atoms with Gasteiger partial charge in [-0.25, -0.2) is 0 Å². The Balaban J connectivity index is 2.48. The van der Waals surface area contributed by atoms with E-state index in [-0.39, 0.29) is 11.4 Å². The third kappa shape index (κ3) is 5.17. The first-order chi connectivity index (χ1) is 9.27. The standard InChI is InChI=1S/C17H24O3/c1-6-15(18)17(4,5)19-13-12-16(2,3)20-14-10-8-7-9-11-14/h6-11H,1,12-13H2,2-5H3. The maximum atomic E-state index is 11.6. The molecule has 0 heterocycles. The van der Waals surface area contributed by atoms with Gasteiger partial charge < -0.3 is 9.47 Å². The number of ether oxygens (including phenoxy) is 2. The van der Waals surface area contributed by atoms with Crippen LogP contribution in [0.1, 0.15) is 34.1 Å². The molecule has 0 aromatic heterocycles. The van der Waals surface area contributed by atoms with Gasteiger partial charge in [0, 0.05) is 6.42 Å². The summed E-state index contributed by atoms with van der Waals surface area (Å²) in [6.45, 7) is 11.5. The Morgan fingerprint density at radius 2 is 1.80 bits per heavy atom. The lowest BCUT2D eigenvalue weighted by molar-refractivity contribution is -0.136. The summed E-state index contributed by atoms with van der Waals surface area (Å²) >= 11 is 0. The topological polar surface area (TPSA) is 35.5 Å². The van der Waals surface area contributed by atoms with Gasteiger partial charge in [-0.2, -0.15) is 0 Å². The Morgan fingerprint density at radius 1 is 1.20 bits per heavy atom. The maximum absolute atomic E-state index is 11.6. The molecule has 1 aromatic rings. The van der Waals surface area contributed by atoms with Crippen LogP contribution in [0.4, 0.5) is 0 Å². The highest BCUT2D eigenvalue weighted by Crippen LogP contribution is 2.22. The lowest BCUT2D eigenvalue weighted by Gasteiger charge is -2.29. The van der Waals surface area contributed by atoms with Gasteiger partial charge in [-0.3, -0.25) is 4.79 Å². The highest BCUT2D eigenvalue weighted by Gasteiger charge is 2.27. The first kappa shape index (κ1) is 16.4. The summed E-state index contributed by atoms with van der Waals surface area (Å²) in [4.78, 5) is 11.6. The summed E-state index contributed by atoms with van der Waals surface area (Å²) in [6.07, 6.45) is 1.99. The molecule has 0 bridgehead atoms. The summed E-state index contributed by atoms with van der Waals surface area (Å²) in [5.41, 5.74) is -1.18. The van der Waals surface area contributed by atoms with Crippen molar-refractivity contribution in [2.45, 2.75) is 45.3 Å². The van der Waals surface area contributed by atoms with Gasteiger partial charge in [-0.1, -0.05) is 24.8 Å². The molecule has 1 aromatic carbocycles. The number of hydrogen-bond donors (Lipinski definition) is 0. The van der Waals surface area contributed by atoms with E-state index in [2.05, 4.69) is 6.58 Å². The third-order valence-electron chi connectivity index (χ3n) is 3.08. The highest BCUT2D eigenvalue weighted by molar-refractivity contribution is 5.95. The van der Waals surface area contributed by atoms with Crippen LogP contribution in [-0.4, -0.2) is 23.6 Å². The van der Waals surface area contributed by atoms with E-state index < -0.39 is 5.60 Å². The number of ketones is 1. The van der Waals surface area contributed by atoms with Crippen molar-refractivity contribution in [3.63, 3.8) is 0 Å². The van der Waals surface area contributed by atoms with Crippen LogP contribution in [0.2, 0.25) is 0 Å². The van der Waals surface area contributed by atoms with Crippen molar-refractivity contribution in [3.05, 3.63) is 43.0 Å². The lowest BCUT2D eigenvalue weighted by atomic mass is 10.0. The average Bonchev–Trinajstić information content (AvgIpc) is 2.37. The van der Waals surface area contributed by atoms with Crippen molar-refractivity contribution in [1.82, 2.24) is 0 Å². The lowest BCUT2D eigenvalue weighted by Crippen LogP contribution is -2.37. The van der Waals surface area contributed by atoms with E-state index in [1.165, 1.54) is 6.08 Å². The summed E-state index contributed by atoms with van der Waals surface area (Å²) in [5.74, 6) is 0.721. The van der Waals surface area contributed by atoms with Gasteiger partial charge in [0.15, 0.2) is 5.78 Å². The molecule has 0 saturated heterocycles. The Labute approximate surface area is 121 Å². The van der Waals surface area contributed by atoms with Gasteiger partial charge in [0.05, 0.1) is 6.61 Å². The van der Waals surface area contributed by atoms with Gasteiger partial charge in [0.2, 0.25) is 0 Å². The van der Waals surface area contributed by atoms with Crippen LogP contribution in [0.3, 0.4) is 0 Å². The number of carbonyl (C=O) groups excluding carboxylic acids is 1. The molecule has 0 fully saturated rings. The minimum absolute atomic E-state index is 0.112. The normalized spacial score (nSPS) is 12.0. The summed E-state index contributed by atoms with van der Waals surface area (Å²) in [7, 11) is 0. The third-order valence-corrected chi connectivity index (χ3v) is 3.08. The zero-order valence-corrected chi connectivity index (χ0v) is 12.8. The molecule has 3 heteroatoms. The van der Waals surface area contributed by atoms with Crippen LogP contribution in [0, 0.1) is 0 Å². The van der Waals surface area contributed by atoms with Gasteiger partial charge in [0.25, 0.3) is 0 Å². The van der Waals surface area contributed by atoms with E-state index >= 15 is 0 Å². The van der Waals surface area contributed by atoms with Crippen LogP contribution in [0.5, 0.6) is 5.75 Å². The van der Waals surface area contributed by atoms with Crippen LogP contribution in [0.25, 0.3) is 0 Å². The summed E-state index contributed by atoms with van der Waals surface area (Å²) in [5, 5.41) is 0. The van der Waals surface area contributed by atoms with Gasteiger partial charge in [0.1, 0.15) is 17.0 Å². The second-order valence-electron chi connectivity index (χ2n) is 5.85. The summed E-state index contributed by atoms with van der Waals surface area (Å²) in [6, 6.07) is 9.68. The van der Waals surface area contributed by atoms with Crippen molar-refractivity contribution in [2.24, 2.45) is 0 Å². The van der Waals surface area contributed by atoms with Gasteiger partial charge >= 0.3 is 0 Å². The quantitative estimate of drug-likeness (QED) is 0.678. The zero-order chi connectivity index (χ0) is 15.2. The number of rotatable bonds is 8. The Kier molecular flexibility index (Phi) is 5.52. The second-order valence-corrected chi connectivity index (χ2v) is 5.85. The van der Waals surface area contributed by atoms with E-state index in [4.69, 9.17) is 9.47 Å². The molecular weight excluding hydrogens is 252 g/mol. The van der Waals surface area contributed by atoms with E-state index in [1.807, 2.05) is 44.2 Å². The summed E-state index contributed by atoms with van der Waals surface area (Å²) < 4.78 is 11.6. The fourth-order valence-corrected chi connectivity index (χ4v) is 1.73. The second kappa shape index (κ2) is 6.71. The molecule has 0 saturated carbocycles. The predicted molar refractivity (Wildman–Crippen MR) is 81.0 cm³/mol. The first-order valence-corrected chi connectivity index (χ1v) is 6.82. The molecule has 110 valence electrons. The smallest absolute Gasteiger partial charge is 0.186 e.